The van der Waals surface area contributed by atoms with Crippen molar-refractivity contribution in [1.29, 1.82) is 0 Å². The molecule has 1 amide bonds. The number of halogens is 1. The molecule has 4 N–H and O–H groups in total. The average Bonchev–Trinajstić information content (AvgIpc) is 2.28. The summed E-state index contributed by atoms with van der Waals surface area (Å²) in [5, 5.41) is 19.0. The molecule has 2 atom stereocenters. The summed E-state index contributed by atoms with van der Waals surface area (Å²) >= 11 is 0. The monoisotopic (exact) mass is 241 g/mol. The SMILES string of the molecule is NC(=O)CC(O)C(O)c1cc(C=O)ccc1F. The molecule has 1 aromatic rings. The third-order valence-electron chi connectivity index (χ3n) is 2.25. The Balaban J connectivity index is 2.97. The van der Waals surface area contributed by atoms with Gasteiger partial charge in [0, 0.05) is 11.1 Å². The Morgan fingerprint density at radius 2 is 2.12 bits per heavy atom. The zero-order valence-corrected chi connectivity index (χ0v) is 8.84. The number of aldehydes is 1. The van der Waals surface area contributed by atoms with E-state index in [1.165, 1.54) is 6.07 Å². The maximum Gasteiger partial charge on any atom is 0.220 e. The zero-order chi connectivity index (χ0) is 13.0. The fourth-order valence-electron chi connectivity index (χ4n) is 1.39. The molecule has 0 bridgehead atoms. The molecule has 0 aliphatic rings. The van der Waals surface area contributed by atoms with Crippen LogP contribution in [0.5, 0.6) is 0 Å². The molecule has 0 heterocycles. The summed E-state index contributed by atoms with van der Waals surface area (Å²) in [6.07, 6.45) is -3.13. The Kier molecular flexibility index (Phi) is 4.30. The Morgan fingerprint density at radius 1 is 1.47 bits per heavy atom. The highest BCUT2D eigenvalue weighted by molar-refractivity contribution is 5.75. The molecular weight excluding hydrogens is 229 g/mol. The number of rotatable bonds is 5. The van der Waals surface area contributed by atoms with E-state index in [4.69, 9.17) is 5.73 Å². The highest BCUT2D eigenvalue weighted by Crippen LogP contribution is 2.22. The van der Waals surface area contributed by atoms with Crippen molar-refractivity contribution in [1.82, 2.24) is 0 Å². The fourth-order valence-corrected chi connectivity index (χ4v) is 1.39. The zero-order valence-electron chi connectivity index (χ0n) is 8.84. The molecular formula is C11H12FNO4. The summed E-state index contributed by atoms with van der Waals surface area (Å²) in [5.41, 5.74) is 4.76. The first-order chi connectivity index (χ1) is 7.95. The van der Waals surface area contributed by atoms with Crippen molar-refractivity contribution in [3.05, 3.63) is 35.1 Å². The first-order valence-electron chi connectivity index (χ1n) is 4.84. The van der Waals surface area contributed by atoms with Crippen LogP contribution in [0.15, 0.2) is 18.2 Å². The van der Waals surface area contributed by atoms with Crippen molar-refractivity contribution in [2.24, 2.45) is 5.73 Å². The van der Waals surface area contributed by atoms with Crippen molar-refractivity contribution in [2.45, 2.75) is 18.6 Å². The summed E-state index contributed by atoms with van der Waals surface area (Å²) < 4.78 is 13.4. The van der Waals surface area contributed by atoms with Crippen LogP contribution in [-0.4, -0.2) is 28.5 Å². The van der Waals surface area contributed by atoms with Gasteiger partial charge in [-0.1, -0.05) is 0 Å². The van der Waals surface area contributed by atoms with Crippen LogP contribution in [-0.2, 0) is 4.79 Å². The van der Waals surface area contributed by atoms with Crippen molar-refractivity contribution < 1.29 is 24.2 Å². The molecule has 1 rings (SSSR count). The van der Waals surface area contributed by atoms with Gasteiger partial charge in [0.15, 0.2) is 0 Å². The smallest absolute Gasteiger partial charge is 0.220 e. The number of carbonyl (C=O) groups is 2. The van der Waals surface area contributed by atoms with Gasteiger partial charge in [-0.3, -0.25) is 9.59 Å². The fraction of sp³-hybridized carbons (Fsp3) is 0.273. The summed E-state index contributed by atoms with van der Waals surface area (Å²) in [6, 6.07) is 3.34. The predicted molar refractivity (Wildman–Crippen MR) is 56.6 cm³/mol. The molecule has 17 heavy (non-hydrogen) atoms. The van der Waals surface area contributed by atoms with Crippen LogP contribution in [0.2, 0.25) is 0 Å². The second kappa shape index (κ2) is 5.51. The topological polar surface area (TPSA) is 101 Å². The van der Waals surface area contributed by atoms with E-state index < -0.39 is 30.4 Å². The van der Waals surface area contributed by atoms with Crippen molar-refractivity contribution >= 4 is 12.2 Å². The molecule has 2 unspecified atom stereocenters. The Bertz CT molecular complexity index is 435. The molecule has 0 saturated heterocycles. The third-order valence-corrected chi connectivity index (χ3v) is 2.25. The molecule has 0 aliphatic carbocycles. The van der Waals surface area contributed by atoms with E-state index >= 15 is 0 Å². The molecule has 0 aromatic heterocycles. The number of aliphatic hydroxyl groups is 2. The van der Waals surface area contributed by atoms with Crippen LogP contribution in [0, 0.1) is 5.82 Å². The van der Waals surface area contributed by atoms with Gasteiger partial charge in [-0.25, -0.2) is 4.39 Å². The second-order valence-electron chi connectivity index (χ2n) is 3.58. The lowest BCUT2D eigenvalue weighted by Gasteiger charge is -2.17. The van der Waals surface area contributed by atoms with Crippen LogP contribution < -0.4 is 5.73 Å². The number of hydrogen-bond donors (Lipinski definition) is 3. The number of benzene rings is 1. The first-order valence-corrected chi connectivity index (χ1v) is 4.84. The van der Waals surface area contributed by atoms with Gasteiger partial charge in [-0.15, -0.1) is 0 Å². The van der Waals surface area contributed by atoms with Gasteiger partial charge < -0.3 is 15.9 Å². The number of hydrogen-bond acceptors (Lipinski definition) is 4. The number of nitrogens with two attached hydrogens (primary N) is 1. The number of primary amides is 1. The van der Waals surface area contributed by atoms with Gasteiger partial charge in [0.25, 0.3) is 0 Å². The highest BCUT2D eigenvalue weighted by Gasteiger charge is 2.23. The largest absolute Gasteiger partial charge is 0.390 e. The summed E-state index contributed by atoms with van der Waals surface area (Å²) in [7, 11) is 0. The minimum absolute atomic E-state index is 0.159. The standard InChI is InChI=1S/C11H12FNO4/c12-8-2-1-6(5-14)3-7(8)11(17)9(15)4-10(13)16/h1-3,5,9,11,15,17H,4H2,(H2,13,16). The van der Waals surface area contributed by atoms with Gasteiger partial charge in [-0.2, -0.15) is 0 Å². The number of amides is 1. The van der Waals surface area contributed by atoms with Gasteiger partial charge in [-0.05, 0) is 18.2 Å². The summed E-state index contributed by atoms with van der Waals surface area (Å²) in [4.78, 5) is 21.1. The van der Waals surface area contributed by atoms with Gasteiger partial charge in [0.2, 0.25) is 5.91 Å². The van der Waals surface area contributed by atoms with Crippen LogP contribution in [0.3, 0.4) is 0 Å². The first kappa shape index (κ1) is 13.3. The maximum atomic E-state index is 13.4. The van der Waals surface area contributed by atoms with Crippen molar-refractivity contribution in [3.8, 4) is 0 Å². The summed E-state index contributed by atoms with van der Waals surface area (Å²) in [6.45, 7) is 0. The third kappa shape index (κ3) is 3.33. The van der Waals surface area contributed by atoms with Gasteiger partial charge in [0.05, 0.1) is 12.5 Å². The predicted octanol–water partition coefficient (Wildman–Crippen LogP) is -0.0921. The van der Waals surface area contributed by atoms with Crippen LogP contribution in [0.4, 0.5) is 4.39 Å². The van der Waals surface area contributed by atoms with E-state index in [9.17, 15) is 24.2 Å². The van der Waals surface area contributed by atoms with Gasteiger partial charge >= 0.3 is 0 Å². The van der Waals surface area contributed by atoms with E-state index in [1.54, 1.807) is 0 Å². The molecule has 1 aromatic carbocycles. The minimum atomic E-state index is -1.61. The van der Waals surface area contributed by atoms with E-state index in [1.807, 2.05) is 0 Å². The molecule has 6 heteroatoms. The van der Waals surface area contributed by atoms with Crippen molar-refractivity contribution in [2.75, 3.05) is 0 Å². The lowest BCUT2D eigenvalue weighted by Crippen LogP contribution is -2.26. The molecule has 0 spiro atoms. The Labute approximate surface area is 96.7 Å². The second-order valence-corrected chi connectivity index (χ2v) is 3.58. The highest BCUT2D eigenvalue weighted by atomic mass is 19.1. The van der Waals surface area contributed by atoms with Crippen LogP contribution in [0.25, 0.3) is 0 Å². The average molecular weight is 241 g/mol. The molecule has 0 radical (unpaired) electrons. The quantitative estimate of drug-likeness (QED) is 0.627. The lowest BCUT2D eigenvalue weighted by atomic mass is 9.99. The minimum Gasteiger partial charge on any atom is -0.390 e. The molecule has 5 nitrogen and oxygen atoms in total. The normalized spacial score (nSPS) is 14.1. The summed E-state index contributed by atoms with van der Waals surface area (Å²) in [5.74, 6) is -1.59. The molecule has 92 valence electrons. The van der Waals surface area contributed by atoms with E-state index in [0.29, 0.717) is 6.29 Å². The number of aliphatic hydroxyl groups excluding tert-OH is 2. The lowest BCUT2D eigenvalue weighted by molar-refractivity contribution is -0.121. The maximum absolute atomic E-state index is 13.4. The van der Waals surface area contributed by atoms with Crippen LogP contribution in [0.1, 0.15) is 28.4 Å². The van der Waals surface area contributed by atoms with E-state index in [-0.39, 0.29) is 11.1 Å². The van der Waals surface area contributed by atoms with Crippen molar-refractivity contribution in [3.63, 3.8) is 0 Å². The molecule has 0 saturated carbocycles. The molecule has 0 aliphatic heterocycles. The van der Waals surface area contributed by atoms with Gasteiger partial charge in [0.1, 0.15) is 18.2 Å². The number of carbonyl (C=O) groups excluding carboxylic acids is 2. The molecule has 0 fully saturated rings. The van der Waals surface area contributed by atoms with E-state index in [0.717, 1.165) is 12.1 Å². The van der Waals surface area contributed by atoms with Crippen LogP contribution >= 0.6 is 0 Å². The van der Waals surface area contributed by atoms with E-state index in [2.05, 4.69) is 0 Å². The Morgan fingerprint density at radius 3 is 2.65 bits per heavy atom. The Hall–Kier alpha value is -1.79.